The van der Waals surface area contributed by atoms with Crippen molar-refractivity contribution in [2.24, 2.45) is 5.73 Å². The molecular formula is C15H22ClN3O3. The average Bonchev–Trinajstić information content (AvgIpc) is 2.86. The maximum absolute atomic E-state index is 12.4. The van der Waals surface area contributed by atoms with Gasteiger partial charge in [-0.15, -0.1) is 12.4 Å². The topological polar surface area (TPSA) is 84.7 Å². The van der Waals surface area contributed by atoms with E-state index in [1.54, 1.807) is 12.0 Å². The summed E-state index contributed by atoms with van der Waals surface area (Å²) in [5.74, 6) is 0.433. The highest BCUT2D eigenvalue weighted by atomic mass is 35.5. The SMILES string of the molecule is COc1ccccc1N1CCC(NC(=O)CCCN)C1=O.Cl. The zero-order valence-electron chi connectivity index (χ0n) is 12.6. The minimum absolute atomic E-state index is 0. The Kier molecular flexibility index (Phi) is 7.14. The van der Waals surface area contributed by atoms with Gasteiger partial charge in [0.2, 0.25) is 11.8 Å². The van der Waals surface area contributed by atoms with E-state index in [1.807, 2.05) is 24.3 Å². The molecule has 1 aromatic carbocycles. The summed E-state index contributed by atoms with van der Waals surface area (Å²) >= 11 is 0. The molecule has 0 bridgehead atoms. The van der Waals surface area contributed by atoms with E-state index in [9.17, 15) is 9.59 Å². The van der Waals surface area contributed by atoms with Crippen molar-refractivity contribution < 1.29 is 14.3 Å². The molecule has 22 heavy (non-hydrogen) atoms. The number of hydrogen-bond donors (Lipinski definition) is 2. The fourth-order valence-electron chi connectivity index (χ4n) is 2.43. The van der Waals surface area contributed by atoms with Crippen molar-refractivity contribution in [3.05, 3.63) is 24.3 Å². The molecule has 0 saturated carbocycles. The molecule has 2 rings (SSSR count). The van der Waals surface area contributed by atoms with Gasteiger partial charge in [0.1, 0.15) is 11.8 Å². The number of halogens is 1. The van der Waals surface area contributed by atoms with Crippen LogP contribution in [0.5, 0.6) is 5.75 Å². The van der Waals surface area contributed by atoms with Gasteiger partial charge in [-0.25, -0.2) is 0 Å². The molecule has 1 saturated heterocycles. The molecule has 6 nitrogen and oxygen atoms in total. The molecule has 122 valence electrons. The molecule has 3 N–H and O–H groups in total. The monoisotopic (exact) mass is 327 g/mol. The summed E-state index contributed by atoms with van der Waals surface area (Å²) in [6.07, 6.45) is 1.59. The van der Waals surface area contributed by atoms with Crippen molar-refractivity contribution in [2.45, 2.75) is 25.3 Å². The van der Waals surface area contributed by atoms with Crippen molar-refractivity contribution in [3.63, 3.8) is 0 Å². The number of benzene rings is 1. The Labute approximate surface area is 136 Å². The number of nitrogens with one attached hydrogen (secondary N) is 1. The van der Waals surface area contributed by atoms with E-state index < -0.39 is 6.04 Å². The molecule has 2 amide bonds. The first-order valence-corrected chi connectivity index (χ1v) is 7.11. The van der Waals surface area contributed by atoms with E-state index >= 15 is 0 Å². The van der Waals surface area contributed by atoms with E-state index in [1.165, 1.54) is 0 Å². The highest BCUT2D eigenvalue weighted by molar-refractivity contribution is 6.02. The summed E-state index contributed by atoms with van der Waals surface area (Å²) in [7, 11) is 1.57. The number of anilines is 1. The Balaban J connectivity index is 0.00000242. The molecule has 0 aromatic heterocycles. The van der Waals surface area contributed by atoms with Crippen LogP contribution in [0.3, 0.4) is 0 Å². The van der Waals surface area contributed by atoms with Gasteiger partial charge < -0.3 is 20.7 Å². The second kappa shape index (κ2) is 8.60. The molecule has 0 aliphatic carbocycles. The van der Waals surface area contributed by atoms with Gasteiger partial charge in [-0.1, -0.05) is 12.1 Å². The lowest BCUT2D eigenvalue weighted by molar-refractivity contribution is -0.126. The second-order valence-corrected chi connectivity index (χ2v) is 4.96. The Morgan fingerprint density at radius 1 is 1.45 bits per heavy atom. The molecule has 1 aliphatic heterocycles. The molecule has 0 spiro atoms. The van der Waals surface area contributed by atoms with Crippen LogP contribution in [-0.4, -0.2) is 38.1 Å². The Bertz CT molecular complexity index is 525. The van der Waals surface area contributed by atoms with E-state index in [0.29, 0.717) is 38.1 Å². The van der Waals surface area contributed by atoms with Crippen LogP contribution in [0, 0.1) is 0 Å². The summed E-state index contributed by atoms with van der Waals surface area (Å²) in [6.45, 7) is 1.04. The molecule has 1 aliphatic rings. The molecule has 1 heterocycles. The average molecular weight is 328 g/mol. The van der Waals surface area contributed by atoms with Crippen molar-refractivity contribution in [2.75, 3.05) is 25.1 Å². The summed E-state index contributed by atoms with van der Waals surface area (Å²) < 4.78 is 5.28. The smallest absolute Gasteiger partial charge is 0.249 e. The number of carbonyl (C=O) groups is 2. The number of methoxy groups -OCH3 is 1. The highest BCUT2D eigenvalue weighted by Crippen LogP contribution is 2.30. The zero-order valence-corrected chi connectivity index (χ0v) is 13.4. The first-order valence-electron chi connectivity index (χ1n) is 7.11. The van der Waals surface area contributed by atoms with Gasteiger partial charge in [0.05, 0.1) is 12.8 Å². The summed E-state index contributed by atoms with van der Waals surface area (Å²) in [5.41, 5.74) is 6.11. The molecule has 1 aromatic rings. The maximum atomic E-state index is 12.4. The second-order valence-electron chi connectivity index (χ2n) is 4.96. The number of carbonyl (C=O) groups excluding carboxylic acids is 2. The lowest BCUT2D eigenvalue weighted by atomic mass is 10.2. The number of hydrogen-bond acceptors (Lipinski definition) is 4. The van der Waals surface area contributed by atoms with Gasteiger partial charge in [-0.3, -0.25) is 9.59 Å². The largest absolute Gasteiger partial charge is 0.495 e. The number of para-hydroxylation sites is 2. The minimum atomic E-state index is -0.458. The van der Waals surface area contributed by atoms with Gasteiger partial charge >= 0.3 is 0 Å². The van der Waals surface area contributed by atoms with Gasteiger partial charge in [-0.2, -0.15) is 0 Å². The van der Waals surface area contributed by atoms with Crippen LogP contribution in [0.4, 0.5) is 5.69 Å². The van der Waals surface area contributed by atoms with Crippen LogP contribution < -0.4 is 20.7 Å². The number of nitrogens with two attached hydrogens (primary N) is 1. The highest BCUT2D eigenvalue weighted by Gasteiger charge is 2.34. The maximum Gasteiger partial charge on any atom is 0.249 e. The molecule has 1 atom stereocenters. The third-order valence-corrected chi connectivity index (χ3v) is 3.52. The Hall–Kier alpha value is -1.79. The Morgan fingerprint density at radius 2 is 2.18 bits per heavy atom. The van der Waals surface area contributed by atoms with Gasteiger partial charge in [0.25, 0.3) is 0 Å². The first kappa shape index (κ1) is 18.3. The number of rotatable bonds is 6. The van der Waals surface area contributed by atoms with Crippen LogP contribution in [-0.2, 0) is 9.59 Å². The van der Waals surface area contributed by atoms with Crippen molar-refractivity contribution in [1.29, 1.82) is 0 Å². The summed E-state index contributed by atoms with van der Waals surface area (Å²) in [6, 6.07) is 6.92. The van der Waals surface area contributed by atoms with E-state index in [2.05, 4.69) is 5.32 Å². The minimum Gasteiger partial charge on any atom is -0.495 e. The number of amides is 2. The van der Waals surface area contributed by atoms with Crippen LogP contribution in [0.2, 0.25) is 0 Å². The number of nitrogens with zero attached hydrogens (tertiary/aromatic N) is 1. The summed E-state index contributed by atoms with van der Waals surface area (Å²) in [4.78, 5) is 25.8. The van der Waals surface area contributed by atoms with Crippen LogP contribution >= 0.6 is 12.4 Å². The lowest BCUT2D eigenvalue weighted by Crippen LogP contribution is -2.41. The third kappa shape index (κ3) is 4.11. The predicted octanol–water partition coefficient (Wildman–Crippen LogP) is 1.08. The van der Waals surface area contributed by atoms with E-state index in [0.717, 1.165) is 5.69 Å². The predicted molar refractivity (Wildman–Crippen MR) is 87.4 cm³/mol. The van der Waals surface area contributed by atoms with Crippen molar-refractivity contribution >= 4 is 29.9 Å². The Morgan fingerprint density at radius 3 is 2.86 bits per heavy atom. The molecule has 1 fully saturated rings. The quantitative estimate of drug-likeness (QED) is 0.818. The van der Waals surface area contributed by atoms with E-state index in [-0.39, 0.29) is 24.2 Å². The summed E-state index contributed by atoms with van der Waals surface area (Å²) in [5, 5.41) is 2.77. The van der Waals surface area contributed by atoms with Gasteiger partial charge in [-0.05, 0) is 31.5 Å². The standard InChI is InChI=1S/C15H21N3O3.ClH/c1-21-13-6-3-2-5-12(13)18-10-8-11(15(18)20)17-14(19)7-4-9-16;/h2-3,5-6,11H,4,7-10,16H2,1H3,(H,17,19);1H. The fraction of sp³-hybridized carbons (Fsp3) is 0.467. The third-order valence-electron chi connectivity index (χ3n) is 3.52. The zero-order chi connectivity index (χ0) is 15.2. The van der Waals surface area contributed by atoms with Crippen LogP contribution in [0.25, 0.3) is 0 Å². The number of ether oxygens (including phenoxy) is 1. The molecular weight excluding hydrogens is 306 g/mol. The van der Waals surface area contributed by atoms with Crippen LogP contribution in [0.15, 0.2) is 24.3 Å². The first-order chi connectivity index (χ1) is 10.2. The van der Waals surface area contributed by atoms with Crippen molar-refractivity contribution in [1.82, 2.24) is 5.32 Å². The molecule has 7 heteroatoms. The van der Waals surface area contributed by atoms with Gasteiger partial charge in [0, 0.05) is 13.0 Å². The van der Waals surface area contributed by atoms with Crippen LogP contribution in [0.1, 0.15) is 19.3 Å². The normalized spacial score (nSPS) is 17.1. The molecule has 0 radical (unpaired) electrons. The van der Waals surface area contributed by atoms with Crippen molar-refractivity contribution in [3.8, 4) is 5.75 Å². The van der Waals surface area contributed by atoms with Gasteiger partial charge in [0.15, 0.2) is 0 Å². The lowest BCUT2D eigenvalue weighted by Gasteiger charge is -2.19. The molecule has 1 unspecified atom stereocenters. The van der Waals surface area contributed by atoms with E-state index in [4.69, 9.17) is 10.5 Å². The fourth-order valence-corrected chi connectivity index (χ4v) is 2.43.